The molecule has 1 aromatic rings. The van der Waals surface area contributed by atoms with Gasteiger partial charge in [-0.15, -0.1) is 11.8 Å². The normalized spacial score (nSPS) is 11.7. The van der Waals surface area contributed by atoms with Crippen LogP contribution in [0.15, 0.2) is 29.2 Å². The van der Waals surface area contributed by atoms with Gasteiger partial charge in [-0.2, -0.15) is 0 Å². The molecule has 0 saturated heterocycles. The second-order valence-electron chi connectivity index (χ2n) is 5.85. The van der Waals surface area contributed by atoms with Crippen molar-refractivity contribution in [3.05, 3.63) is 24.3 Å². The Hall–Kier alpha value is -1.73. The Balaban J connectivity index is 2.38. The van der Waals surface area contributed by atoms with Crippen molar-refractivity contribution in [2.45, 2.75) is 44.0 Å². The van der Waals surface area contributed by atoms with Crippen molar-refractivity contribution in [3.8, 4) is 5.75 Å². The number of rotatable bonds is 13. The van der Waals surface area contributed by atoms with Gasteiger partial charge < -0.3 is 20.1 Å². The van der Waals surface area contributed by atoms with Crippen molar-refractivity contribution in [1.29, 1.82) is 0 Å². The highest BCUT2D eigenvalue weighted by Crippen LogP contribution is 2.22. The van der Waals surface area contributed by atoms with E-state index in [1.807, 2.05) is 24.3 Å². The van der Waals surface area contributed by atoms with Crippen LogP contribution in [0.1, 0.15) is 33.1 Å². The third-order valence-electron chi connectivity index (χ3n) is 3.58. The highest BCUT2D eigenvalue weighted by Gasteiger charge is 2.19. The van der Waals surface area contributed by atoms with Crippen molar-refractivity contribution < 1.29 is 19.1 Å². The molecule has 0 aliphatic heterocycles. The molecule has 2 amide bonds. The standard InChI is InChI=1S/C19H30N2O4S/c1-4-5-12-25-13-6-11-20-19(23)18(21-15(2)22)14-26-17-9-7-16(24-3)8-10-17/h7-10,18H,4-6,11-14H2,1-3H3,(H,20,23)(H,21,22). The van der Waals surface area contributed by atoms with E-state index in [9.17, 15) is 9.59 Å². The second-order valence-corrected chi connectivity index (χ2v) is 6.94. The number of ether oxygens (including phenoxy) is 2. The summed E-state index contributed by atoms with van der Waals surface area (Å²) >= 11 is 1.52. The Morgan fingerprint density at radius 3 is 2.46 bits per heavy atom. The van der Waals surface area contributed by atoms with Gasteiger partial charge in [0.2, 0.25) is 11.8 Å². The first-order valence-corrected chi connectivity index (χ1v) is 9.94. The summed E-state index contributed by atoms with van der Waals surface area (Å²) < 4.78 is 10.6. The molecule has 2 N–H and O–H groups in total. The molecule has 1 rings (SSSR count). The maximum atomic E-state index is 12.3. The van der Waals surface area contributed by atoms with E-state index in [1.54, 1.807) is 7.11 Å². The lowest BCUT2D eigenvalue weighted by molar-refractivity contribution is -0.127. The van der Waals surface area contributed by atoms with Gasteiger partial charge in [-0.05, 0) is 37.1 Å². The summed E-state index contributed by atoms with van der Waals surface area (Å²) in [5, 5.41) is 5.58. The van der Waals surface area contributed by atoms with E-state index in [-0.39, 0.29) is 11.8 Å². The van der Waals surface area contributed by atoms with E-state index < -0.39 is 6.04 Å². The van der Waals surface area contributed by atoms with Crippen LogP contribution < -0.4 is 15.4 Å². The predicted molar refractivity (Wildman–Crippen MR) is 105 cm³/mol. The van der Waals surface area contributed by atoms with Crippen molar-refractivity contribution in [2.75, 3.05) is 32.6 Å². The molecule has 7 heteroatoms. The van der Waals surface area contributed by atoms with Gasteiger partial charge >= 0.3 is 0 Å². The number of carbonyl (C=O) groups excluding carboxylic acids is 2. The Kier molecular flexibility index (Phi) is 11.6. The number of hydrogen-bond acceptors (Lipinski definition) is 5. The van der Waals surface area contributed by atoms with Crippen molar-refractivity contribution in [1.82, 2.24) is 10.6 Å². The summed E-state index contributed by atoms with van der Waals surface area (Å²) in [4.78, 5) is 24.7. The van der Waals surface area contributed by atoms with Gasteiger partial charge in [0.15, 0.2) is 0 Å². The molecule has 0 heterocycles. The van der Waals surface area contributed by atoms with Gasteiger partial charge in [0, 0.05) is 37.3 Å². The summed E-state index contributed by atoms with van der Waals surface area (Å²) in [6.07, 6.45) is 2.93. The lowest BCUT2D eigenvalue weighted by Crippen LogP contribution is -2.47. The Morgan fingerprint density at radius 2 is 1.85 bits per heavy atom. The summed E-state index contributed by atoms with van der Waals surface area (Å²) in [6.45, 7) is 5.47. The number of unbranched alkanes of at least 4 members (excludes halogenated alkanes) is 1. The maximum Gasteiger partial charge on any atom is 0.243 e. The zero-order chi connectivity index (χ0) is 19.2. The minimum absolute atomic E-state index is 0.172. The first kappa shape index (κ1) is 22.3. The van der Waals surface area contributed by atoms with E-state index in [0.717, 1.165) is 36.5 Å². The van der Waals surface area contributed by atoms with Crippen LogP contribution in [0.5, 0.6) is 5.75 Å². The molecular formula is C19H30N2O4S. The number of nitrogens with one attached hydrogen (secondary N) is 2. The zero-order valence-corrected chi connectivity index (χ0v) is 16.7. The molecule has 0 saturated carbocycles. The zero-order valence-electron chi connectivity index (χ0n) is 15.9. The number of carbonyl (C=O) groups is 2. The first-order chi connectivity index (χ1) is 12.6. The number of methoxy groups -OCH3 is 1. The molecule has 1 unspecified atom stereocenters. The molecule has 0 radical (unpaired) electrons. The molecule has 1 atom stereocenters. The predicted octanol–water partition coefficient (Wildman–Crippen LogP) is 2.62. The lowest BCUT2D eigenvalue weighted by Gasteiger charge is -2.17. The monoisotopic (exact) mass is 382 g/mol. The van der Waals surface area contributed by atoms with Crippen LogP contribution in [-0.2, 0) is 14.3 Å². The molecule has 0 spiro atoms. The average molecular weight is 383 g/mol. The van der Waals surface area contributed by atoms with Crippen molar-refractivity contribution in [3.63, 3.8) is 0 Å². The van der Waals surface area contributed by atoms with Crippen molar-refractivity contribution in [2.24, 2.45) is 0 Å². The highest BCUT2D eigenvalue weighted by atomic mass is 32.2. The van der Waals surface area contributed by atoms with Crippen molar-refractivity contribution >= 4 is 23.6 Å². The molecular weight excluding hydrogens is 352 g/mol. The number of hydrogen-bond donors (Lipinski definition) is 2. The second kappa shape index (κ2) is 13.5. The van der Waals surface area contributed by atoms with E-state index in [1.165, 1.54) is 18.7 Å². The summed E-state index contributed by atoms with van der Waals surface area (Å²) in [5.41, 5.74) is 0. The van der Waals surface area contributed by atoms with Crippen LogP contribution in [0.2, 0.25) is 0 Å². The number of benzene rings is 1. The molecule has 0 aromatic heterocycles. The third kappa shape index (κ3) is 9.68. The highest BCUT2D eigenvalue weighted by molar-refractivity contribution is 7.99. The topological polar surface area (TPSA) is 76.7 Å². The van der Waals surface area contributed by atoms with E-state index >= 15 is 0 Å². The fraction of sp³-hybridized carbons (Fsp3) is 0.579. The molecule has 0 bridgehead atoms. The fourth-order valence-electron chi connectivity index (χ4n) is 2.14. The molecule has 6 nitrogen and oxygen atoms in total. The minimum Gasteiger partial charge on any atom is -0.497 e. The Morgan fingerprint density at radius 1 is 1.15 bits per heavy atom. The largest absolute Gasteiger partial charge is 0.497 e. The van der Waals surface area contributed by atoms with Crippen LogP contribution in [0.4, 0.5) is 0 Å². The van der Waals surface area contributed by atoms with Gasteiger partial charge in [0.1, 0.15) is 11.8 Å². The molecule has 1 aromatic carbocycles. The molecule has 26 heavy (non-hydrogen) atoms. The van der Waals surface area contributed by atoms with Crippen LogP contribution in [0, 0.1) is 0 Å². The van der Waals surface area contributed by atoms with Crippen LogP contribution in [0.25, 0.3) is 0 Å². The number of amides is 2. The molecule has 0 aliphatic carbocycles. The number of thioether (sulfide) groups is 1. The first-order valence-electron chi connectivity index (χ1n) is 8.96. The van der Waals surface area contributed by atoms with Crippen LogP contribution in [0.3, 0.4) is 0 Å². The fourth-order valence-corrected chi connectivity index (χ4v) is 3.06. The van der Waals surface area contributed by atoms with Gasteiger partial charge in [0.05, 0.1) is 7.11 Å². The third-order valence-corrected chi connectivity index (χ3v) is 4.68. The van der Waals surface area contributed by atoms with Gasteiger partial charge in [-0.1, -0.05) is 13.3 Å². The average Bonchev–Trinajstić information content (AvgIpc) is 2.64. The van der Waals surface area contributed by atoms with Gasteiger partial charge in [-0.25, -0.2) is 0 Å². The molecule has 0 fully saturated rings. The van der Waals surface area contributed by atoms with E-state index in [2.05, 4.69) is 17.6 Å². The minimum atomic E-state index is -0.569. The molecule has 146 valence electrons. The Labute approximate surface area is 160 Å². The Bertz CT molecular complexity index is 537. The summed E-state index contributed by atoms with van der Waals surface area (Å²) in [5.74, 6) is 0.856. The molecule has 0 aliphatic rings. The summed E-state index contributed by atoms with van der Waals surface area (Å²) in [6, 6.07) is 7.03. The summed E-state index contributed by atoms with van der Waals surface area (Å²) in [7, 11) is 1.62. The smallest absolute Gasteiger partial charge is 0.243 e. The van der Waals surface area contributed by atoms with Crippen LogP contribution in [-0.4, -0.2) is 50.5 Å². The van der Waals surface area contributed by atoms with Gasteiger partial charge in [0.25, 0.3) is 0 Å². The lowest BCUT2D eigenvalue weighted by atomic mass is 10.3. The van der Waals surface area contributed by atoms with E-state index in [4.69, 9.17) is 9.47 Å². The van der Waals surface area contributed by atoms with Gasteiger partial charge in [-0.3, -0.25) is 9.59 Å². The quantitative estimate of drug-likeness (QED) is 0.405. The maximum absolute atomic E-state index is 12.3. The SMILES string of the molecule is CCCCOCCCNC(=O)C(CSc1ccc(OC)cc1)NC(C)=O. The van der Waals surface area contributed by atoms with Crippen LogP contribution >= 0.6 is 11.8 Å². The van der Waals surface area contributed by atoms with E-state index in [0.29, 0.717) is 18.9 Å².